The van der Waals surface area contributed by atoms with Crippen molar-refractivity contribution in [1.82, 2.24) is 14.5 Å². The van der Waals surface area contributed by atoms with Crippen LogP contribution in [0.4, 0.5) is 5.69 Å². The van der Waals surface area contributed by atoms with Gasteiger partial charge in [0.25, 0.3) is 11.8 Å². The van der Waals surface area contributed by atoms with Crippen LogP contribution in [-0.2, 0) is 38.3 Å². The molecule has 0 radical (unpaired) electrons. The van der Waals surface area contributed by atoms with Gasteiger partial charge in [-0.1, -0.05) is 43.7 Å². The highest BCUT2D eigenvalue weighted by atomic mass is 35.5. The van der Waals surface area contributed by atoms with E-state index in [1.807, 2.05) is 32.1 Å². The van der Waals surface area contributed by atoms with Crippen molar-refractivity contribution in [3.63, 3.8) is 0 Å². The minimum Gasteiger partial charge on any atom is -0.490 e. The molecule has 0 fully saturated rings. The summed E-state index contributed by atoms with van der Waals surface area (Å²) < 4.78 is 47.5. The molecule has 0 saturated heterocycles. The lowest BCUT2D eigenvalue weighted by Crippen LogP contribution is -2.46. The zero-order chi connectivity index (χ0) is 37.9. The van der Waals surface area contributed by atoms with Gasteiger partial charge in [0.1, 0.15) is 21.2 Å². The number of nitrogens with one attached hydrogen (secondary N) is 1. The molecule has 286 valence electrons. The number of hydrogen-bond acceptors (Lipinski definition) is 9. The molecule has 1 aliphatic carbocycles. The minimum atomic E-state index is -3.80. The van der Waals surface area contributed by atoms with Crippen molar-refractivity contribution < 1.29 is 32.7 Å². The number of hydrogen-bond donors (Lipinski definition) is 1. The van der Waals surface area contributed by atoms with Gasteiger partial charge in [0.2, 0.25) is 5.88 Å². The quantitative estimate of drug-likeness (QED) is 0.287. The van der Waals surface area contributed by atoms with Gasteiger partial charge in [-0.05, 0) is 80.0 Å². The molecule has 1 N–H and O–H groups in total. The average Bonchev–Trinajstić information content (AvgIpc) is 3.46. The zero-order valence-corrected chi connectivity index (χ0v) is 32.9. The summed E-state index contributed by atoms with van der Waals surface area (Å²) in [6.07, 6.45) is 9.39. The Kier molecular flexibility index (Phi) is 11.9. The van der Waals surface area contributed by atoms with Crippen LogP contribution in [-0.4, -0.2) is 84.3 Å². The molecule has 3 heterocycles. The average molecular weight is 768 g/mol. The van der Waals surface area contributed by atoms with Gasteiger partial charge in [0.05, 0.1) is 36.9 Å². The SMILES string of the molecule is CC[C@@H]1[C@@H](C)[C@@H](OC)/C=C/[C@H](OC)CCCN2C[C@@]3(CCCc4cc(Cl)ccc43)COc3ccc(cc32)C(=O)N=S1(=O)NC(=O)c1cn(C)nc1OC. The summed E-state index contributed by atoms with van der Waals surface area (Å²) in [6.45, 7) is 5.55. The van der Waals surface area contributed by atoms with Gasteiger partial charge in [-0.25, -0.2) is 4.21 Å². The number of ether oxygens (including phenoxy) is 4. The first-order chi connectivity index (χ1) is 25.4. The fraction of sp³-hybridized carbons (Fsp3) is 0.513. The van der Waals surface area contributed by atoms with Crippen LogP contribution in [0.25, 0.3) is 0 Å². The molecular weight excluding hydrogens is 718 g/mol. The van der Waals surface area contributed by atoms with Crippen LogP contribution in [0.2, 0.25) is 5.02 Å². The molecule has 2 aliphatic heterocycles. The molecule has 1 spiro atoms. The van der Waals surface area contributed by atoms with E-state index < -0.39 is 39.0 Å². The first-order valence-corrected chi connectivity index (χ1v) is 20.1. The summed E-state index contributed by atoms with van der Waals surface area (Å²) >= 11 is 6.44. The number of aryl methyl sites for hydroxylation is 2. The minimum absolute atomic E-state index is 0.0595. The van der Waals surface area contributed by atoms with Crippen LogP contribution in [0.3, 0.4) is 0 Å². The number of fused-ring (bicyclic) bond motifs is 3. The molecule has 3 aliphatic rings. The van der Waals surface area contributed by atoms with Gasteiger partial charge in [-0.15, -0.1) is 9.46 Å². The normalized spacial score (nSPS) is 28.3. The van der Waals surface area contributed by atoms with Crippen molar-refractivity contribution in [2.75, 3.05) is 45.9 Å². The van der Waals surface area contributed by atoms with Crippen molar-refractivity contribution >= 4 is 39.0 Å². The van der Waals surface area contributed by atoms with E-state index >= 15 is 4.21 Å². The number of benzene rings is 2. The zero-order valence-electron chi connectivity index (χ0n) is 31.3. The van der Waals surface area contributed by atoms with Crippen molar-refractivity contribution in [3.05, 3.63) is 82.0 Å². The second kappa shape index (κ2) is 16.2. The molecule has 3 aromatic rings. The third-order valence-electron chi connectivity index (χ3n) is 10.9. The molecule has 6 rings (SSSR count). The van der Waals surface area contributed by atoms with Crippen LogP contribution < -0.4 is 19.1 Å². The fourth-order valence-corrected chi connectivity index (χ4v) is 10.6. The summed E-state index contributed by atoms with van der Waals surface area (Å²) in [5, 5.41) is 4.11. The van der Waals surface area contributed by atoms with E-state index in [4.69, 9.17) is 30.5 Å². The molecule has 0 saturated carbocycles. The van der Waals surface area contributed by atoms with E-state index in [2.05, 4.69) is 31.2 Å². The predicted octanol–water partition coefficient (Wildman–Crippen LogP) is 6.30. The van der Waals surface area contributed by atoms with E-state index in [1.165, 1.54) is 29.1 Å². The molecule has 12 nitrogen and oxygen atoms in total. The second-order valence-corrected chi connectivity index (χ2v) is 16.8. The van der Waals surface area contributed by atoms with Gasteiger partial charge in [-0.2, -0.15) is 0 Å². The number of carbonyl (C=O) groups excluding carboxylic acids is 2. The van der Waals surface area contributed by atoms with E-state index in [9.17, 15) is 9.59 Å². The molecule has 6 atom stereocenters. The largest absolute Gasteiger partial charge is 0.490 e. The topological polar surface area (TPSA) is 134 Å². The second-order valence-electron chi connectivity index (χ2n) is 14.3. The Morgan fingerprint density at radius 1 is 1.13 bits per heavy atom. The maximum absolute atomic E-state index is 15.2. The first kappa shape index (κ1) is 38.8. The van der Waals surface area contributed by atoms with E-state index in [0.717, 1.165) is 42.8 Å². The van der Waals surface area contributed by atoms with Crippen LogP contribution in [0, 0.1) is 5.92 Å². The Morgan fingerprint density at radius 3 is 2.68 bits per heavy atom. The molecule has 2 aromatic carbocycles. The molecule has 2 bridgehead atoms. The highest BCUT2D eigenvalue weighted by Crippen LogP contribution is 2.45. The van der Waals surface area contributed by atoms with E-state index in [-0.39, 0.29) is 28.5 Å². The number of carbonyl (C=O) groups is 2. The first-order valence-electron chi connectivity index (χ1n) is 18.2. The monoisotopic (exact) mass is 767 g/mol. The molecule has 1 unspecified atom stereocenters. The van der Waals surface area contributed by atoms with Gasteiger partial charge in [0.15, 0.2) is 0 Å². The number of halogens is 1. The van der Waals surface area contributed by atoms with Crippen LogP contribution >= 0.6 is 11.6 Å². The van der Waals surface area contributed by atoms with E-state index in [1.54, 1.807) is 39.5 Å². The van der Waals surface area contributed by atoms with Crippen molar-refractivity contribution in [1.29, 1.82) is 0 Å². The summed E-state index contributed by atoms with van der Waals surface area (Å²) in [7, 11) is 2.52. The Morgan fingerprint density at radius 2 is 1.94 bits per heavy atom. The lowest BCUT2D eigenvalue weighted by Gasteiger charge is -2.41. The summed E-state index contributed by atoms with van der Waals surface area (Å²) in [4.78, 5) is 30.4. The number of nitrogens with zero attached hydrogens (tertiary/aromatic N) is 4. The molecule has 53 heavy (non-hydrogen) atoms. The van der Waals surface area contributed by atoms with Gasteiger partial charge in [0, 0.05) is 62.5 Å². The molecule has 14 heteroatoms. The van der Waals surface area contributed by atoms with Crippen LogP contribution in [0.5, 0.6) is 11.6 Å². The third kappa shape index (κ3) is 7.99. The van der Waals surface area contributed by atoms with Crippen molar-refractivity contribution in [2.45, 2.75) is 75.2 Å². The predicted molar refractivity (Wildman–Crippen MR) is 206 cm³/mol. The van der Waals surface area contributed by atoms with Crippen molar-refractivity contribution in [3.8, 4) is 11.6 Å². The van der Waals surface area contributed by atoms with Gasteiger partial charge >= 0.3 is 0 Å². The maximum atomic E-state index is 15.2. The summed E-state index contributed by atoms with van der Waals surface area (Å²) in [5.41, 5.74) is 3.24. The summed E-state index contributed by atoms with van der Waals surface area (Å²) in [6, 6.07) is 11.4. The molecule has 2 amide bonds. The Labute approximate surface area is 317 Å². The smallest absolute Gasteiger partial charge is 0.286 e. The fourth-order valence-electron chi connectivity index (χ4n) is 8.17. The number of aromatic nitrogens is 2. The standard InChI is InChI=1S/C39H50ClN5O7S/c1-7-35-25(2)33(50-5)17-14-29(49-4)11-9-19-45-23-39(18-8-10-26-20-28(40)13-15-31(26)39)24-52-34-16-12-27(21-32(34)45)36(46)42-53(35,48)43-37(47)30-22-44(3)41-38(30)51-6/h12-17,20-22,25,29,33,35H,7-11,18-19,23-24H2,1-6H3,(H,42,43,46,47,48)/b17-14+/t25-,29+,33-,35+,39-,53?/m0/s1. The molecule has 1 aromatic heterocycles. The Bertz CT molecular complexity index is 1990. The number of rotatable bonds is 6. The Balaban J connectivity index is 1.47. The molecular formula is C39H50ClN5O7S. The van der Waals surface area contributed by atoms with Crippen molar-refractivity contribution in [2.24, 2.45) is 17.3 Å². The number of amides is 2. The lowest BCUT2D eigenvalue weighted by molar-refractivity contribution is 0.0894. The third-order valence-corrected chi connectivity index (χ3v) is 13.6. The number of anilines is 1. The van der Waals surface area contributed by atoms with Crippen LogP contribution in [0.15, 0.2) is 59.1 Å². The van der Waals surface area contributed by atoms with Crippen LogP contribution in [0.1, 0.15) is 77.8 Å². The highest BCUT2D eigenvalue weighted by Gasteiger charge is 2.42. The Hall–Kier alpha value is -3.91. The number of methoxy groups -OCH3 is 3. The maximum Gasteiger partial charge on any atom is 0.286 e. The van der Waals surface area contributed by atoms with Gasteiger partial charge < -0.3 is 23.8 Å². The lowest BCUT2D eigenvalue weighted by atomic mass is 9.70. The summed E-state index contributed by atoms with van der Waals surface area (Å²) in [5.74, 6) is -1.16. The van der Waals surface area contributed by atoms with E-state index in [0.29, 0.717) is 31.9 Å². The van der Waals surface area contributed by atoms with Gasteiger partial charge in [-0.3, -0.25) is 19.0 Å². The highest BCUT2D eigenvalue weighted by molar-refractivity contribution is 7.93.